The first-order valence-electron chi connectivity index (χ1n) is 7.55. The van der Waals surface area contributed by atoms with Crippen LogP contribution in [0.3, 0.4) is 0 Å². The van der Waals surface area contributed by atoms with E-state index in [0.717, 1.165) is 24.4 Å². The van der Waals surface area contributed by atoms with Crippen LogP contribution in [0.2, 0.25) is 0 Å². The van der Waals surface area contributed by atoms with Gasteiger partial charge in [0.25, 0.3) is 0 Å². The van der Waals surface area contributed by atoms with E-state index in [1.807, 2.05) is 0 Å². The summed E-state index contributed by atoms with van der Waals surface area (Å²) in [5.74, 6) is 0.455. The van der Waals surface area contributed by atoms with Crippen molar-refractivity contribution in [1.82, 2.24) is 10.3 Å². The van der Waals surface area contributed by atoms with Gasteiger partial charge in [0.1, 0.15) is 11.1 Å². The molecule has 0 fully saturated rings. The second-order valence-corrected chi connectivity index (χ2v) is 7.75. The SMILES string of the molecule is CCCC(OC)c1nc(C(C)C)c(CNC(C)(C)C)s1. The summed E-state index contributed by atoms with van der Waals surface area (Å²) >= 11 is 1.80. The van der Waals surface area contributed by atoms with E-state index in [2.05, 4.69) is 46.9 Å². The van der Waals surface area contributed by atoms with E-state index in [1.165, 1.54) is 10.6 Å². The van der Waals surface area contributed by atoms with Crippen molar-refractivity contribution < 1.29 is 4.74 Å². The Kier molecular flexibility index (Phi) is 6.62. The standard InChI is InChI=1S/C16H30N2OS/c1-8-9-12(19-7)15-18-14(11(2)3)13(20-15)10-17-16(4,5)6/h11-12,17H,8-10H2,1-7H3. The van der Waals surface area contributed by atoms with Gasteiger partial charge in [-0.15, -0.1) is 11.3 Å². The third-order valence-electron chi connectivity index (χ3n) is 3.18. The number of aromatic nitrogens is 1. The highest BCUT2D eigenvalue weighted by molar-refractivity contribution is 7.11. The van der Waals surface area contributed by atoms with E-state index in [4.69, 9.17) is 9.72 Å². The monoisotopic (exact) mass is 298 g/mol. The molecule has 0 aliphatic carbocycles. The molecule has 1 aromatic heterocycles. The molecule has 1 aromatic rings. The molecular formula is C16H30N2OS. The molecule has 0 spiro atoms. The predicted molar refractivity (Wildman–Crippen MR) is 87.5 cm³/mol. The average Bonchev–Trinajstić information content (AvgIpc) is 2.76. The highest BCUT2D eigenvalue weighted by atomic mass is 32.1. The number of hydrogen-bond donors (Lipinski definition) is 1. The number of methoxy groups -OCH3 is 1. The number of ether oxygens (including phenoxy) is 1. The number of nitrogens with one attached hydrogen (secondary N) is 1. The molecule has 116 valence electrons. The van der Waals surface area contributed by atoms with Crippen molar-refractivity contribution in [2.24, 2.45) is 0 Å². The van der Waals surface area contributed by atoms with E-state index in [9.17, 15) is 0 Å². The van der Waals surface area contributed by atoms with Crippen LogP contribution in [-0.4, -0.2) is 17.6 Å². The smallest absolute Gasteiger partial charge is 0.122 e. The van der Waals surface area contributed by atoms with Gasteiger partial charge in [-0.25, -0.2) is 4.98 Å². The summed E-state index contributed by atoms with van der Waals surface area (Å²) in [6, 6.07) is 0. The van der Waals surface area contributed by atoms with Crippen molar-refractivity contribution in [3.63, 3.8) is 0 Å². The van der Waals surface area contributed by atoms with Crippen LogP contribution < -0.4 is 5.32 Å². The zero-order chi connectivity index (χ0) is 15.3. The first-order chi connectivity index (χ1) is 9.28. The fourth-order valence-corrected chi connectivity index (χ4v) is 3.32. The number of nitrogens with zero attached hydrogens (tertiary/aromatic N) is 1. The lowest BCUT2D eigenvalue weighted by Crippen LogP contribution is -2.35. The van der Waals surface area contributed by atoms with Gasteiger partial charge in [0, 0.05) is 24.1 Å². The van der Waals surface area contributed by atoms with Crippen molar-refractivity contribution in [1.29, 1.82) is 0 Å². The van der Waals surface area contributed by atoms with Gasteiger partial charge >= 0.3 is 0 Å². The molecule has 0 bridgehead atoms. The number of thiazole rings is 1. The molecule has 1 heterocycles. The summed E-state index contributed by atoms with van der Waals surface area (Å²) in [5, 5.41) is 4.69. The fourth-order valence-electron chi connectivity index (χ4n) is 2.05. The van der Waals surface area contributed by atoms with Crippen molar-refractivity contribution in [3.8, 4) is 0 Å². The van der Waals surface area contributed by atoms with Crippen LogP contribution >= 0.6 is 11.3 Å². The Morgan fingerprint density at radius 3 is 2.40 bits per heavy atom. The lowest BCUT2D eigenvalue weighted by atomic mass is 10.1. The highest BCUT2D eigenvalue weighted by Crippen LogP contribution is 2.32. The molecule has 4 heteroatoms. The van der Waals surface area contributed by atoms with Crippen LogP contribution in [-0.2, 0) is 11.3 Å². The molecule has 1 N–H and O–H groups in total. The quantitative estimate of drug-likeness (QED) is 0.796. The first-order valence-corrected chi connectivity index (χ1v) is 8.37. The Hall–Kier alpha value is -0.450. The minimum absolute atomic E-state index is 0.127. The summed E-state index contributed by atoms with van der Waals surface area (Å²) in [5.41, 5.74) is 1.35. The average molecular weight is 298 g/mol. The molecular weight excluding hydrogens is 268 g/mol. The third kappa shape index (κ3) is 5.15. The lowest BCUT2D eigenvalue weighted by molar-refractivity contribution is 0.0946. The van der Waals surface area contributed by atoms with Gasteiger partial charge in [-0.1, -0.05) is 27.2 Å². The molecule has 1 unspecified atom stereocenters. The Morgan fingerprint density at radius 2 is 1.95 bits per heavy atom. The molecule has 0 saturated carbocycles. The largest absolute Gasteiger partial charge is 0.374 e. The maximum atomic E-state index is 5.60. The van der Waals surface area contributed by atoms with Gasteiger partial charge in [-0.2, -0.15) is 0 Å². The van der Waals surface area contributed by atoms with Crippen LogP contribution in [0, 0.1) is 0 Å². The van der Waals surface area contributed by atoms with E-state index in [0.29, 0.717) is 5.92 Å². The zero-order valence-corrected chi connectivity index (χ0v) is 14.9. The summed E-state index contributed by atoms with van der Waals surface area (Å²) in [6.45, 7) is 14.1. The van der Waals surface area contributed by atoms with Gasteiger partial charge in [0.15, 0.2) is 0 Å². The summed E-state index contributed by atoms with van der Waals surface area (Å²) in [6.07, 6.45) is 2.30. The zero-order valence-electron chi connectivity index (χ0n) is 14.0. The Morgan fingerprint density at radius 1 is 1.30 bits per heavy atom. The normalized spacial score (nSPS) is 14.0. The number of hydrogen-bond acceptors (Lipinski definition) is 4. The molecule has 0 aliphatic rings. The Labute approximate surface area is 128 Å². The van der Waals surface area contributed by atoms with E-state index >= 15 is 0 Å². The summed E-state index contributed by atoms with van der Waals surface area (Å²) in [4.78, 5) is 6.20. The number of rotatable bonds is 7. The van der Waals surface area contributed by atoms with Crippen LogP contribution in [0.15, 0.2) is 0 Å². The molecule has 3 nitrogen and oxygen atoms in total. The molecule has 0 aliphatic heterocycles. The maximum absolute atomic E-state index is 5.60. The molecule has 1 rings (SSSR count). The Bertz CT molecular complexity index is 407. The van der Waals surface area contributed by atoms with Gasteiger partial charge in [0.2, 0.25) is 0 Å². The molecule has 0 aromatic carbocycles. The minimum Gasteiger partial charge on any atom is -0.374 e. The van der Waals surface area contributed by atoms with E-state index in [1.54, 1.807) is 18.4 Å². The van der Waals surface area contributed by atoms with Crippen molar-refractivity contribution in [2.45, 2.75) is 78.5 Å². The summed E-state index contributed by atoms with van der Waals surface area (Å²) < 4.78 is 5.60. The van der Waals surface area contributed by atoms with Gasteiger partial charge in [-0.3, -0.25) is 0 Å². The third-order valence-corrected chi connectivity index (χ3v) is 4.34. The molecule has 0 amide bonds. The molecule has 0 saturated heterocycles. The van der Waals surface area contributed by atoms with Gasteiger partial charge < -0.3 is 10.1 Å². The fraction of sp³-hybridized carbons (Fsp3) is 0.812. The Balaban J connectivity index is 2.95. The lowest BCUT2D eigenvalue weighted by Gasteiger charge is -2.20. The maximum Gasteiger partial charge on any atom is 0.122 e. The van der Waals surface area contributed by atoms with Crippen molar-refractivity contribution in [3.05, 3.63) is 15.6 Å². The molecule has 20 heavy (non-hydrogen) atoms. The van der Waals surface area contributed by atoms with Crippen molar-refractivity contribution in [2.75, 3.05) is 7.11 Å². The van der Waals surface area contributed by atoms with Crippen LogP contribution in [0.4, 0.5) is 0 Å². The second kappa shape index (κ2) is 7.53. The minimum atomic E-state index is 0.127. The van der Waals surface area contributed by atoms with Gasteiger partial charge in [-0.05, 0) is 33.1 Å². The van der Waals surface area contributed by atoms with Crippen molar-refractivity contribution >= 4 is 11.3 Å². The highest BCUT2D eigenvalue weighted by Gasteiger charge is 2.21. The first kappa shape index (κ1) is 17.6. The van der Waals surface area contributed by atoms with E-state index in [-0.39, 0.29) is 11.6 Å². The topological polar surface area (TPSA) is 34.1 Å². The second-order valence-electron chi connectivity index (χ2n) is 6.63. The predicted octanol–water partition coefficient (Wildman–Crippen LogP) is 4.64. The van der Waals surface area contributed by atoms with Crippen LogP contribution in [0.1, 0.15) is 82.0 Å². The van der Waals surface area contributed by atoms with Crippen LogP contribution in [0.25, 0.3) is 0 Å². The van der Waals surface area contributed by atoms with Crippen LogP contribution in [0.5, 0.6) is 0 Å². The van der Waals surface area contributed by atoms with Gasteiger partial charge in [0.05, 0.1) is 5.69 Å². The summed E-state index contributed by atoms with van der Waals surface area (Å²) in [7, 11) is 1.78. The molecule has 1 atom stereocenters. The molecule has 0 radical (unpaired) electrons. The van der Waals surface area contributed by atoms with E-state index < -0.39 is 0 Å².